The van der Waals surface area contributed by atoms with E-state index in [2.05, 4.69) is 6.58 Å². The molecule has 0 spiro atoms. The van der Waals surface area contributed by atoms with Gasteiger partial charge < -0.3 is 2.96 Å². The summed E-state index contributed by atoms with van der Waals surface area (Å²) in [5, 5.41) is 0. The fraction of sp³-hybridized carbons (Fsp3) is 0.500. The highest BCUT2D eigenvalue weighted by atomic mass is 24.6. The van der Waals surface area contributed by atoms with Crippen molar-refractivity contribution < 1.29 is 2.96 Å². The molecule has 0 saturated carbocycles. The molecule has 0 fully saturated rings. The molecule has 0 bridgehead atoms. The Hall–Kier alpha value is 0.436. The van der Waals surface area contributed by atoms with E-state index in [0.717, 1.165) is 11.0 Å². The van der Waals surface area contributed by atoms with Crippen molar-refractivity contribution in [2.24, 2.45) is 0 Å². The maximum absolute atomic E-state index is 11.3. The maximum atomic E-state index is 11.3. The van der Waals surface area contributed by atoms with Gasteiger partial charge in [-0.05, 0) is 0 Å². The lowest BCUT2D eigenvalue weighted by molar-refractivity contribution is 0.854. The molecule has 0 aliphatic rings. The number of allylic oxidation sites excluding steroid dienone is 1. The number of hydrogen-bond acceptors (Lipinski definition) is 0. The molecule has 0 aromatic carbocycles. The molecule has 0 rings (SSSR count). The van der Waals surface area contributed by atoms with Crippen molar-refractivity contribution in [2.45, 2.75) is 11.0 Å². The predicted molar refractivity (Wildman–Crippen MR) is 26.5 cm³/mol. The molecule has 0 radical (unpaired) electrons. The van der Waals surface area contributed by atoms with Crippen LogP contribution in [-0.2, 0) is 0 Å². The first-order valence-corrected chi connectivity index (χ1v) is 3.62. The third-order valence-corrected chi connectivity index (χ3v) is 1.22. The average molecular weight is 98.4 g/mol. The van der Waals surface area contributed by atoms with Crippen LogP contribution in [0, 0.1) is 0 Å². The van der Waals surface area contributed by atoms with E-state index in [1.165, 1.54) is 0 Å². The van der Waals surface area contributed by atoms with Crippen molar-refractivity contribution in [1.82, 2.24) is 0 Å². The Bertz CT molecular complexity index is 36.5. The van der Waals surface area contributed by atoms with Crippen LogP contribution in [0.25, 0.3) is 0 Å². The molecule has 0 nitrogen and oxygen atoms in total. The zero-order chi connectivity index (χ0) is 4.83. The Morgan fingerprint density at radius 2 is 2.50 bits per heavy atom. The van der Waals surface area contributed by atoms with Crippen molar-refractivity contribution in [3.63, 3.8) is 0 Å². The normalized spacial score (nSPS) is 6.83. The minimum Gasteiger partial charge on any atom is -0.486 e. The average Bonchev–Trinajstić information content (AvgIpc) is 1.61. The number of rotatable bonds is 3. The molecule has 0 unspecified atom stereocenters. The van der Waals surface area contributed by atoms with Crippen molar-refractivity contribution in [3.05, 3.63) is 12.7 Å². The summed E-state index contributed by atoms with van der Waals surface area (Å²) in [6, 6.07) is 0. The summed E-state index contributed by atoms with van der Waals surface area (Å²) < 4.78 is 12.0. The molecule has 0 aliphatic carbocycles. The number of halogens is 1. The Labute approximate surface area is 47.9 Å². The molecule has 0 aromatic heterocycles. The second-order valence-corrected chi connectivity index (χ2v) is 2.20. The van der Waals surface area contributed by atoms with Gasteiger partial charge in [0.15, 0.2) is 0 Å². The minimum atomic E-state index is -1.17. The van der Waals surface area contributed by atoms with Crippen LogP contribution in [0.4, 0.5) is 2.96 Å². The first-order chi connectivity index (χ1) is 2.91. The zero-order valence-electron chi connectivity index (χ0n) is 3.78. The van der Waals surface area contributed by atoms with Crippen LogP contribution >= 0.6 is 0 Å². The summed E-state index contributed by atoms with van der Waals surface area (Å²) in [6.07, 6.45) is 2.62. The molecule has 0 aliphatic heterocycles. The molecule has 6 heavy (non-hydrogen) atoms. The van der Waals surface area contributed by atoms with Crippen molar-refractivity contribution in [3.8, 4) is 0 Å². The lowest BCUT2D eigenvalue weighted by atomic mass is 10.5. The molecular weight excluding hydrogens is 91.3 g/mol. The Morgan fingerprint density at radius 1 is 1.83 bits per heavy atom. The van der Waals surface area contributed by atoms with Gasteiger partial charge in [0.05, 0.1) is 0 Å². The minimum absolute atomic E-state index is 0.767. The van der Waals surface area contributed by atoms with E-state index in [-0.39, 0.29) is 0 Å². The standard InChI is InChI=1S/C4H7.FH.Mg/c1-3-4-2;;/h3H,1-2,4H2;1H;/q;;+1/p-1. The van der Waals surface area contributed by atoms with E-state index in [4.69, 9.17) is 0 Å². The third-order valence-electron chi connectivity index (χ3n) is 0.542. The van der Waals surface area contributed by atoms with Crippen LogP contribution in [0.1, 0.15) is 6.42 Å². The molecule has 0 heterocycles. The topological polar surface area (TPSA) is 0 Å². The van der Waals surface area contributed by atoms with Crippen LogP contribution in [-0.4, -0.2) is 20.9 Å². The van der Waals surface area contributed by atoms with E-state index in [0.29, 0.717) is 0 Å². The molecule has 0 atom stereocenters. The predicted octanol–water partition coefficient (Wildman–Crippen LogP) is 1.57. The summed E-state index contributed by atoms with van der Waals surface area (Å²) in [7, 11) is 0. The summed E-state index contributed by atoms with van der Waals surface area (Å²) in [5.74, 6) is 0. The van der Waals surface area contributed by atoms with E-state index < -0.39 is 20.9 Å². The fourth-order valence-electron chi connectivity index (χ4n) is 0.221. The van der Waals surface area contributed by atoms with Gasteiger partial charge in [-0.3, -0.25) is 0 Å². The van der Waals surface area contributed by atoms with E-state index in [9.17, 15) is 2.96 Å². The van der Waals surface area contributed by atoms with Crippen molar-refractivity contribution in [1.29, 1.82) is 0 Å². The van der Waals surface area contributed by atoms with Crippen molar-refractivity contribution >= 4 is 20.9 Å². The molecular formula is C4H7FMg. The van der Waals surface area contributed by atoms with Gasteiger partial charge in [-0.25, -0.2) is 0 Å². The van der Waals surface area contributed by atoms with Gasteiger partial charge in [0.1, 0.15) is 0 Å². The Morgan fingerprint density at radius 3 is 2.67 bits per heavy atom. The summed E-state index contributed by atoms with van der Waals surface area (Å²) in [4.78, 5) is 0. The smallest absolute Gasteiger partial charge is 0.486 e. The highest BCUT2D eigenvalue weighted by Gasteiger charge is 1.87. The van der Waals surface area contributed by atoms with Gasteiger partial charge in [-0.1, -0.05) is 12.5 Å². The van der Waals surface area contributed by atoms with Gasteiger partial charge >= 0.3 is 20.9 Å². The fourth-order valence-corrected chi connectivity index (χ4v) is 0.664. The van der Waals surface area contributed by atoms with Gasteiger partial charge in [0.25, 0.3) is 0 Å². The Balaban J connectivity index is 2.49. The van der Waals surface area contributed by atoms with Gasteiger partial charge in [0, 0.05) is 0 Å². The molecule has 0 saturated heterocycles. The van der Waals surface area contributed by atoms with Crippen LogP contribution in [0.15, 0.2) is 12.7 Å². The molecule has 0 amide bonds. The largest absolute Gasteiger partial charge is 0.615 e. The van der Waals surface area contributed by atoms with E-state index in [1.54, 1.807) is 6.08 Å². The highest BCUT2D eigenvalue weighted by molar-refractivity contribution is 6.26. The van der Waals surface area contributed by atoms with Crippen LogP contribution in [0.5, 0.6) is 0 Å². The molecule has 0 N–H and O–H groups in total. The molecule has 32 valence electrons. The van der Waals surface area contributed by atoms with Crippen LogP contribution in [0.2, 0.25) is 4.55 Å². The van der Waals surface area contributed by atoms with Gasteiger partial charge in [-0.2, -0.15) is 0 Å². The summed E-state index contributed by atoms with van der Waals surface area (Å²) >= 11 is -1.17. The summed E-state index contributed by atoms with van der Waals surface area (Å²) in [5.41, 5.74) is 0. The first kappa shape index (κ1) is 6.44. The lowest BCUT2D eigenvalue weighted by Crippen LogP contribution is -1.72. The highest BCUT2D eigenvalue weighted by Crippen LogP contribution is 1.86. The lowest BCUT2D eigenvalue weighted by Gasteiger charge is -1.76. The monoisotopic (exact) mass is 98.0 g/mol. The van der Waals surface area contributed by atoms with Crippen molar-refractivity contribution in [2.75, 3.05) is 0 Å². The Kier molecular flexibility index (Phi) is 5.83. The SMILES string of the molecule is C=CC[CH2][Mg][F]. The van der Waals surface area contributed by atoms with E-state index >= 15 is 0 Å². The number of hydrogen-bond donors (Lipinski definition) is 0. The zero-order valence-corrected chi connectivity index (χ0v) is 5.20. The second kappa shape index (κ2) is 5.44. The summed E-state index contributed by atoms with van der Waals surface area (Å²) in [6.45, 7) is 3.45. The second-order valence-electron chi connectivity index (χ2n) is 1.12. The van der Waals surface area contributed by atoms with Crippen LogP contribution in [0.3, 0.4) is 0 Å². The third kappa shape index (κ3) is 4.44. The van der Waals surface area contributed by atoms with E-state index in [1.807, 2.05) is 0 Å². The van der Waals surface area contributed by atoms with Gasteiger partial charge in [0.2, 0.25) is 0 Å². The quantitative estimate of drug-likeness (QED) is 0.286. The maximum Gasteiger partial charge on any atom is 0.615 e. The molecule has 2 heteroatoms. The molecule has 0 aromatic rings. The van der Waals surface area contributed by atoms with Gasteiger partial charge in [-0.15, -0.1) is 11.1 Å². The first-order valence-electron chi connectivity index (χ1n) is 2.08. The van der Waals surface area contributed by atoms with Crippen LogP contribution < -0.4 is 0 Å².